The maximum Gasteiger partial charge on any atom is 0.337 e. The smallest absolute Gasteiger partial charge is 0.337 e. The van der Waals surface area contributed by atoms with E-state index in [0.29, 0.717) is 0 Å². The zero-order chi connectivity index (χ0) is 15.3. The zero-order valence-corrected chi connectivity index (χ0v) is 12.1. The summed E-state index contributed by atoms with van der Waals surface area (Å²) < 4.78 is 31.6. The van der Waals surface area contributed by atoms with Crippen LogP contribution in [0, 0.1) is 0 Å². The number of hydrogen-bond donors (Lipinski definition) is 3. The molecule has 4 N–H and O–H groups in total. The van der Waals surface area contributed by atoms with Gasteiger partial charge in [0.2, 0.25) is 10.0 Å². The van der Waals surface area contributed by atoms with Gasteiger partial charge < -0.3 is 15.6 Å². The molecular weight excluding hydrogens is 284 g/mol. The van der Waals surface area contributed by atoms with Gasteiger partial charge >= 0.3 is 5.97 Å². The number of nitrogens with one attached hydrogen (secondary N) is 1. The van der Waals surface area contributed by atoms with E-state index < -0.39 is 16.0 Å². The summed E-state index contributed by atoms with van der Waals surface area (Å²) in [5.41, 5.74) is 5.36. The van der Waals surface area contributed by atoms with Crippen LogP contribution in [0.15, 0.2) is 23.1 Å². The minimum atomic E-state index is -3.95. The second kappa shape index (κ2) is 6.69. The first kappa shape index (κ1) is 16.4. The summed E-state index contributed by atoms with van der Waals surface area (Å²) in [5.74, 6) is -1.33. The van der Waals surface area contributed by atoms with Gasteiger partial charge in [-0.3, -0.25) is 0 Å². The van der Waals surface area contributed by atoms with Gasteiger partial charge in [0.05, 0.1) is 23.2 Å². The van der Waals surface area contributed by atoms with Crippen molar-refractivity contribution in [3.8, 4) is 0 Å². The molecule has 0 bridgehead atoms. The van der Waals surface area contributed by atoms with Crippen LogP contribution in [0.25, 0.3) is 0 Å². The molecule has 0 heterocycles. The third-order valence-corrected chi connectivity index (χ3v) is 3.87. The molecule has 0 saturated carbocycles. The lowest BCUT2D eigenvalue weighted by Gasteiger charge is -2.11. The number of sulfonamides is 1. The number of anilines is 1. The standard InChI is InChI=1S/C12H18N2O5S/c1-8(2)19-6-5-14-20(17,18)11-7-9(13)3-4-10(11)12(15)16/h3-4,7-8,14H,5-6,13H2,1-2H3,(H,15,16). The number of ether oxygens (including phenoxy) is 1. The largest absolute Gasteiger partial charge is 0.478 e. The molecule has 1 aromatic rings. The van der Waals surface area contributed by atoms with Gasteiger partial charge in [-0.15, -0.1) is 0 Å². The summed E-state index contributed by atoms with van der Waals surface area (Å²) in [6.45, 7) is 3.90. The van der Waals surface area contributed by atoms with Crippen LogP contribution >= 0.6 is 0 Å². The molecule has 0 fully saturated rings. The van der Waals surface area contributed by atoms with Crippen molar-refractivity contribution in [3.05, 3.63) is 23.8 Å². The van der Waals surface area contributed by atoms with Crippen LogP contribution in [-0.2, 0) is 14.8 Å². The minimum Gasteiger partial charge on any atom is -0.478 e. The van der Waals surface area contributed by atoms with E-state index in [2.05, 4.69) is 4.72 Å². The van der Waals surface area contributed by atoms with Crippen molar-refractivity contribution in [1.29, 1.82) is 0 Å². The Labute approximate surface area is 117 Å². The van der Waals surface area contributed by atoms with Crippen molar-refractivity contribution in [1.82, 2.24) is 4.72 Å². The van der Waals surface area contributed by atoms with E-state index >= 15 is 0 Å². The van der Waals surface area contributed by atoms with Crippen LogP contribution in [-0.4, -0.2) is 38.7 Å². The van der Waals surface area contributed by atoms with Gasteiger partial charge in [0, 0.05) is 12.2 Å². The Bertz CT molecular complexity index is 584. The molecule has 0 saturated heterocycles. The molecule has 112 valence electrons. The van der Waals surface area contributed by atoms with Crippen LogP contribution in [0.4, 0.5) is 5.69 Å². The summed E-state index contributed by atoms with van der Waals surface area (Å²) >= 11 is 0. The predicted octanol–water partition coefficient (Wildman–Crippen LogP) is 0.670. The number of hydrogen-bond acceptors (Lipinski definition) is 5. The molecule has 0 aromatic heterocycles. The number of benzene rings is 1. The number of nitrogens with two attached hydrogens (primary N) is 1. The Kier molecular flexibility index (Phi) is 5.49. The van der Waals surface area contributed by atoms with E-state index in [1.807, 2.05) is 13.8 Å². The number of carboxylic acids is 1. The fraction of sp³-hybridized carbons (Fsp3) is 0.417. The summed E-state index contributed by atoms with van der Waals surface area (Å²) in [6.07, 6.45) is -0.0125. The van der Waals surface area contributed by atoms with Crippen molar-refractivity contribution >= 4 is 21.7 Å². The zero-order valence-electron chi connectivity index (χ0n) is 11.3. The Balaban J connectivity index is 2.92. The van der Waals surface area contributed by atoms with Crippen LogP contribution in [0.2, 0.25) is 0 Å². The molecule has 0 amide bonds. The monoisotopic (exact) mass is 302 g/mol. The summed E-state index contributed by atoms with van der Waals surface area (Å²) in [5, 5.41) is 9.01. The van der Waals surface area contributed by atoms with Gasteiger partial charge in [0.25, 0.3) is 0 Å². The van der Waals surface area contributed by atoms with Crippen molar-refractivity contribution < 1.29 is 23.1 Å². The number of nitrogen functional groups attached to an aromatic ring is 1. The average molecular weight is 302 g/mol. The van der Waals surface area contributed by atoms with Gasteiger partial charge in [-0.2, -0.15) is 0 Å². The van der Waals surface area contributed by atoms with E-state index in [9.17, 15) is 13.2 Å². The molecule has 0 spiro atoms. The number of aromatic carboxylic acids is 1. The molecule has 0 atom stereocenters. The molecule has 0 aliphatic rings. The normalized spacial score (nSPS) is 11.8. The van der Waals surface area contributed by atoms with Crippen LogP contribution in [0.5, 0.6) is 0 Å². The molecule has 0 unspecified atom stereocenters. The molecule has 1 aromatic carbocycles. The van der Waals surface area contributed by atoms with Crippen LogP contribution in [0.3, 0.4) is 0 Å². The molecule has 1 rings (SSSR count). The number of carbonyl (C=O) groups is 1. The molecule has 7 nitrogen and oxygen atoms in total. The maximum atomic E-state index is 12.1. The van der Waals surface area contributed by atoms with Gasteiger partial charge in [-0.1, -0.05) is 0 Å². The van der Waals surface area contributed by atoms with Crippen molar-refractivity contribution in [2.45, 2.75) is 24.8 Å². The van der Waals surface area contributed by atoms with E-state index in [0.717, 1.165) is 12.1 Å². The molecular formula is C12H18N2O5S. The number of carboxylic acid groups (broad SMARTS) is 1. The topological polar surface area (TPSA) is 119 Å². The molecule has 0 radical (unpaired) electrons. The van der Waals surface area contributed by atoms with Gasteiger partial charge in [0.1, 0.15) is 0 Å². The van der Waals surface area contributed by atoms with Gasteiger partial charge in [-0.25, -0.2) is 17.9 Å². The highest BCUT2D eigenvalue weighted by atomic mass is 32.2. The fourth-order valence-corrected chi connectivity index (χ4v) is 2.73. The lowest BCUT2D eigenvalue weighted by Crippen LogP contribution is -2.29. The first-order valence-corrected chi connectivity index (χ1v) is 7.46. The maximum absolute atomic E-state index is 12.1. The van der Waals surface area contributed by atoms with E-state index in [-0.39, 0.29) is 35.4 Å². The fourth-order valence-electron chi connectivity index (χ4n) is 1.49. The summed E-state index contributed by atoms with van der Waals surface area (Å²) in [6, 6.07) is 3.62. The first-order valence-electron chi connectivity index (χ1n) is 5.98. The average Bonchev–Trinajstić information content (AvgIpc) is 2.34. The third kappa shape index (κ3) is 4.48. The van der Waals surface area contributed by atoms with Gasteiger partial charge in [-0.05, 0) is 32.0 Å². The summed E-state index contributed by atoms with van der Waals surface area (Å²) in [7, 11) is -3.95. The lowest BCUT2D eigenvalue weighted by atomic mass is 10.2. The Hall–Kier alpha value is -1.64. The minimum absolute atomic E-state index is 0.0125. The van der Waals surface area contributed by atoms with E-state index in [1.165, 1.54) is 6.07 Å². The van der Waals surface area contributed by atoms with Crippen molar-refractivity contribution in [2.75, 3.05) is 18.9 Å². The highest BCUT2D eigenvalue weighted by Crippen LogP contribution is 2.19. The second-order valence-electron chi connectivity index (χ2n) is 4.38. The second-order valence-corrected chi connectivity index (χ2v) is 6.11. The SMILES string of the molecule is CC(C)OCCNS(=O)(=O)c1cc(N)ccc1C(=O)O. The lowest BCUT2D eigenvalue weighted by molar-refractivity contribution is 0.0692. The van der Waals surface area contributed by atoms with Crippen LogP contribution < -0.4 is 10.5 Å². The van der Waals surface area contributed by atoms with Crippen molar-refractivity contribution in [2.24, 2.45) is 0 Å². The Morgan fingerprint density at radius 2 is 2.10 bits per heavy atom. The molecule has 0 aliphatic carbocycles. The van der Waals surface area contributed by atoms with Gasteiger partial charge in [0.15, 0.2) is 0 Å². The van der Waals surface area contributed by atoms with E-state index in [4.69, 9.17) is 15.6 Å². The predicted molar refractivity (Wildman–Crippen MR) is 74.1 cm³/mol. The van der Waals surface area contributed by atoms with Crippen LogP contribution in [0.1, 0.15) is 24.2 Å². The van der Waals surface area contributed by atoms with E-state index in [1.54, 1.807) is 0 Å². The molecule has 0 aliphatic heterocycles. The summed E-state index contributed by atoms with van der Waals surface area (Å²) in [4.78, 5) is 10.7. The highest BCUT2D eigenvalue weighted by Gasteiger charge is 2.22. The Morgan fingerprint density at radius 3 is 2.65 bits per heavy atom. The number of rotatable bonds is 7. The third-order valence-electron chi connectivity index (χ3n) is 2.37. The molecule has 20 heavy (non-hydrogen) atoms. The quantitative estimate of drug-likeness (QED) is 0.503. The highest BCUT2D eigenvalue weighted by molar-refractivity contribution is 7.89. The van der Waals surface area contributed by atoms with Crippen molar-refractivity contribution in [3.63, 3.8) is 0 Å². The Morgan fingerprint density at radius 1 is 1.45 bits per heavy atom. The first-order chi connectivity index (χ1) is 9.24. The molecule has 8 heteroatoms.